The first-order valence-corrected chi connectivity index (χ1v) is 7.87. The van der Waals surface area contributed by atoms with Crippen molar-refractivity contribution in [3.05, 3.63) is 24.0 Å². The van der Waals surface area contributed by atoms with Crippen molar-refractivity contribution in [3.8, 4) is 0 Å². The summed E-state index contributed by atoms with van der Waals surface area (Å²) < 4.78 is 0. The highest BCUT2D eigenvalue weighted by Crippen LogP contribution is 2.28. The molecule has 2 aliphatic rings. The Balaban J connectivity index is 1.68. The van der Waals surface area contributed by atoms with Gasteiger partial charge in [-0.25, -0.2) is 0 Å². The fraction of sp³-hybridized carbons (Fsp3) is 0.625. The molecule has 2 aliphatic heterocycles. The molecule has 2 amide bonds. The molecule has 3 heterocycles. The largest absolute Gasteiger partial charge is 0.367 e. The molecule has 0 atom stereocenters. The summed E-state index contributed by atoms with van der Waals surface area (Å²) in [7, 11) is 0. The summed E-state index contributed by atoms with van der Waals surface area (Å²) in [4.78, 5) is 29.6. The number of carbonyl (C=O) groups excluding carboxylic acids is 2. The van der Waals surface area contributed by atoms with Gasteiger partial charge >= 0.3 is 0 Å². The molecule has 3 N–H and O–H groups in total. The van der Waals surface area contributed by atoms with Crippen LogP contribution in [-0.4, -0.2) is 53.4 Å². The van der Waals surface area contributed by atoms with E-state index in [1.165, 1.54) is 0 Å². The molecule has 6 heteroatoms. The van der Waals surface area contributed by atoms with Crippen LogP contribution in [-0.2, 0) is 4.79 Å². The maximum Gasteiger partial charge on any atom is 0.255 e. The molecule has 120 valence electrons. The third-order valence-electron chi connectivity index (χ3n) is 4.82. The first-order valence-electron chi connectivity index (χ1n) is 7.87. The fourth-order valence-electron chi connectivity index (χ4n) is 3.17. The lowest BCUT2D eigenvalue weighted by atomic mass is 9.86. The van der Waals surface area contributed by atoms with Crippen LogP contribution < -0.4 is 10.6 Å². The molecule has 0 saturated carbocycles. The number of hydrogen-bond donors (Lipinski definition) is 3. The molecule has 0 aromatic carbocycles. The molecule has 1 aromatic heterocycles. The van der Waals surface area contributed by atoms with E-state index in [9.17, 15) is 9.59 Å². The Kier molecular flexibility index (Phi) is 3.72. The average Bonchev–Trinajstić information content (AvgIpc) is 3.02. The number of piperidine rings is 1. The van der Waals surface area contributed by atoms with E-state index in [0.29, 0.717) is 38.0 Å². The first-order chi connectivity index (χ1) is 10.4. The van der Waals surface area contributed by atoms with Gasteiger partial charge in [-0.2, -0.15) is 0 Å². The smallest absolute Gasteiger partial charge is 0.255 e. The van der Waals surface area contributed by atoms with Gasteiger partial charge in [0.1, 0.15) is 5.54 Å². The van der Waals surface area contributed by atoms with Crippen LogP contribution in [0.4, 0.5) is 0 Å². The van der Waals surface area contributed by atoms with Crippen molar-refractivity contribution >= 4 is 11.8 Å². The average molecular weight is 304 g/mol. The number of amides is 2. The van der Waals surface area contributed by atoms with Crippen molar-refractivity contribution in [2.24, 2.45) is 5.41 Å². The van der Waals surface area contributed by atoms with Gasteiger partial charge in [-0.1, -0.05) is 13.8 Å². The summed E-state index contributed by atoms with van der Waals surface area (Å²) in [6.07, 6.45) is 4.78. The van der Waals surface area contributed by atoms with E-state index in [2.05, 4.69) is 29.5 Å². The van der Waals surface area contributed by atoms with Gasteiger partial charge in [-0.3, -0.25) is 9.59 Å². The van der Waals surface area contributed by atoms with Gasteiger partial charge in [0.15, 0.2) is 0 Å². The number of H-pyrrole nitrogens is 1. The molecule has 2 fully saturated rings. The third kappa shape index (κ3) is 2.75. The normalized spacial score (nSPS) is 23.9. The van der Waals surface area contributed by atoms with E-state index >= 15 is 0 Å². The van der Waals surface area contributed by atoms with Gasteiger partial charge in [-0.05, 0) is 24.3 Å². The Labute approximate surface area is 130 Å². The second-order valence-electron chi connectivity index (χ2n) is 7.17. The highest BCUT2D eigenvalue weighted by Gasteiger charge is 2.44. The lowest BCUT2D eigenvalue weighted by Crippen LogP contribution is -2.61. The second kappa shape index (κ2) is 5.43. The number of likely N-dealkylation sites (tertiary alicyclic amines) is 1. The van der Waals surface area contributed by atoms with Gasteiger partial charge in [0, 0.05) is 38.6 Å². The van der Waals surface area contributed by atoms with E-state index in [4.69, 9.17) is 0 Å². The van der Waals surface area contributed by atoms with E-state index in [1.807, 2.05) is 4.90 Å². The highest BCUT2D eigenvalue weighted by atomic mass is 16.2. The molecule has 0 bridgehead atoms. The van der Waals surface area contributed by atoms with Gasteiger partial charge in [0.05, 0.1) is 5.56 Å². The van der Waals surface area contributed by atoms with Crippen LogP contribution in [0.5, 0.6) is 0 Å². The number of aromatic amines is 1. The topological polar surface area (TPSA) is 77.2 Å². The molecule has 6 nitrogen and oxygen atoms in total. The van der Waals surface area contributed by atoms with Crippen LogP contribution >= 0.6 is 0 Å². The predicted molar refractivity (Wildman–Crippen MR) is 83.5 cm³/mol. The van der Waals surface area contributed by atoms with Gasteiger partial charge in [-0.15, -0.1) is 0 Å². The maximum atomic E-state index is 12.5. The molecule has 0 unspecified atom stereocenters. The lowest BCUT2D eigenvalue weighted by Gasteiger charge is -2.40. The van der Waals surface area contributed by atoms with Crippen LogP contribution in [0.1, 0.15) is 37.0 Å². The summed E-state index contributed by atoms with van der Waals surface area (Å²) in [5.41, 5.74) is 0.204. The van der Waals surface area contributed by atoms with Crippen molar-refractivity contribution in [3.63, 3.8) is 0 Å². The standard InChI is InChI=1S/C16H24N4O2/c1-15(2)10-18-14(22)16(19-11-15)4-7-20(8-5-16)13(21)12-3-6-17-9-12/h3,6,9,17,19H,4-5,7-8,10-11H2,1-2H3,(H,18,22). The third-order valence-corrected chi connectivity index (χ3v) is 4.82. The Hall–Kier alpha value is -1.82. The molecular formula is C16H24N4O2. The summed E-state index contributed by atoms with van der Waals surface area (Å²) in [6.45, 7) is 6.98. The van der Waals surface area contributed by atoms with Crippen LogP contribution in [0.2, 0.25) is 0 Å². The van der Waals surface area contributed by atoms with E-state index in [1.54, 1.807) is 18.5 Å². The predicted octanol–water partition coefficient (Wildman–Crippen LogP) is 0.735. The van der Waals surface area contributed by atoms with Gasteiger partial charge in [0.2, 0.25) is 5.91 Å². The van der Waals surface area contributed by atoms with Crippen LogP contribution in [0.25, 0.3) is 0 Å². The summed E-state index contributed by atoms with van der Waals surface area (Å²) in [6, 6.07) is 1.78. The number of rotatable bonds is 1. The minimum absolute atomic E-state index is 0.0328. The van der Waals surface area contributed by atoms with Crippen molar-refractivity contribution in [2.45, 2.75) is 32.2 Å². The Morgan fingerprint density at radius 3 is 2.59 bits per heavy atom. The molecule has 0 aliphatic carbocycles. The number of carbonyl (C=O) groups is 2. The summed E-state index contributed by atoms with van der Waals surface area (Å²) in [5, 5.41) is 6.53. The van der Waals surface area contributed by atoms with E-state index in [0.717, 1.165) is 6.54 Å². The number of nitrogens with zero attached hydrogens (tertiary/aromatic N) is 1. The Bertz CT molecular complexity index is 557. The number of nitrogens with one attached hydrogen (secondary N) is 3. The second-order valence-corrected chi connectivity index (χ2v) is 7.17. The summed E-state index contributed by atoms with van der Waals surface area (Å²) >= 11 is 0. The van der Waals surface area contributed by atoms with Crippen molar-refractivity contribution in [1.29, 1.82) is 0 Å². The zero-order chi connectivity index (χ0) is 15.8. The molecular weight excluding hydrogens is 280 g/mol. The fourth-order valence-corrected chi connectivity index (χ4v) is 3.17. The molecule has 1 aromatic rings. The minimum Gasteiger partial charge on any atom is -0.367 e. The first kappa shape index (κ1) is 15.1. The Morgan fingerprint density at radius 2 is 1.95 bits per heavy atom. The monoisotopic (exact) mass is 304 g/mol. The molecule has 1 spiro atoms. The lowest BCUT2D eigenvalue weighted by molar-refractivity contribution is -0.128. The van der Waals surface area contributed by atoms with Crippen LogP contribution in [0, 0.1) is 5.41 Å². The van der Waals surface area contributed by atoms with E-state index < -0.39 is 5.54 Å². The van der Waals surface area contributed by atoms with Gasteiger partial charge in [0.25, 0.3) is 5.91 Å². The van der Waals surface area contributed by atoms with Crippen molar-refractivity contribution in [2.75, 3.05) is 26.2 Å². The van der Waals surface area contributed by atoms with Crippen LogP contribution in [0.15, 0.2) is 18.5 Å². The Morgan fingerprint density at radius 1 is 1.23 bits per heavy atom. The van der Waals surface area contributed by atoms with E-state index in [-0.39, 0.29) is 17.2 Å². The number of aromatic nitrogens is 1. The molecule has 0 radical (unpaired) electrons. The zero-order valence-electron chi connectivity index (χ0n) is 13.2. The SMILES string of the molecule is CC1(C)CNC(=O)C2(CCN(C(=O)c3cc[nH]c3)CC2)NC1. The highest BCUT2D eigenvalue weighted by molar-refractivity contribution is 5.94. The summed E-state index contributed by atoms with van der Waals surface area (Å²) in [5.74, 6) is 0.109. The van der Waals surface area contributed by atoms with Gasteiger partial charge < -0.3 is 20.5 Å². The molecule has 3 rings (SSSR count). The molecule has 22 heavy (non-hydrogen) atoms. The minimum atomic E-state index is -0.525. The number of hydrogen-bond acceptors (Lipinski definition) is 3. The molecule has 2 saturated heterocycles. The van der Waals surface area contributed by atoms with Crippen molar-refractivity contribution in [1.82, 2.24) is 20.5 Å². The van der Waals surface area contributed by atoms with Crippen LogP contribution in [0.3, 0.4) is 0 Å². The quantitative estimate of drug-likeness (QED) is 0.716. The van der Waals surface area contributed by atoms with Crippen molar-refractivity contribution < 1.29 is 9.59 Å². The maximum absolute atomic E-state index is 12.5. The zero-order valence-corrected chi connectivity index (χ0v) is 13.2.